The molecule has 0 radical (unpaired) electrons. The molecule has 2 saturated heterocycles. The molecule has 4 nitrogen and oxygen atoms in total. The minimum absolute atomic E-state index is 0.0407. The fraction of sp³-hybridized carbons (Fsp3) is 0.333. The second-order valence-electron chi connectivity index (χ2n) is 7.39. The van der Waals surface area contributed by atoms with Crippen LogP contribution >= 0.6 is 0 Å². The van der Waals surface area contributed by atoms with E-state index >= 15 is 0 Å². The lowest BCUT2D eigenvalue weighted by molar-refractivity contribution is -0.120. The zero-order valence-corrected chi connectivity index (χ0v) is 14.6. The first-order valence-corrected chi connectivity index (χ1v) is 8.74. The van der Waals surface area contributed by atoms with E-state index in [0.29, 0.717) is 25.1 Å². The maximum absolute atomic E-state index is 12.6. The van der Waals surface area contributed by atoms with E-state index in [4.69, 9.17) is 0 Å². The number of carbonyl (C=O) groups is 2. The summed E-state index contributed by atoms with van der Waals surface area (Å²) in [4.78, 5) is 25.8. The highest BCUT2D eigenvalue weighted by molar-refractivity contribution is 5.96. The van der Waals surface area contributed by atoms with E-state index in [1.54, 1.807) is 0 Å². The number of nitrogens with zero attached hydrogens (tertiary/aromatic N) is 1. The summed E-state index contributed by atoms with van der Waals surface area (Å²) in [5.41, 5.74) is 5.34. The van der Waals surface area contributed by atoms with Gasteiger partial charge in [0.1, 0.15) is 0 Å². The molecule has 2 aromatic carbocycles. The maximum atomic E-state index is 12.6. The summed E-state index contributed by atoms with van der Waals surface area (Å²) in [6.07, 6.45) is 1.41. The molecule has 0 atom stereocenters. The number of benzene rings is 2. The third kappa shape index (κ3) is 2.82. The van der Waals surface area contributed by atoms with Crippen molar-refractivity contribution in [2.75, 3.05) is 13.1 Å². The van der Waals surface area contributed by atoms with Gasteiger partial charge < -0.3 is 10.2 Å². The molecule has 2 amide bonds. The van der Waals surface area contributed by atoms with Crippen LogP contribution in [0.15, 0.2) is 42.5 Å². The molecule has 0 aromatic heterocycles. The van der Waals surface area contributed by atoms with Gasteiger partial charge in [-0.05, 0) is 49.1 Å². The van der Waals surface area contributed by atoms with Gasteiger partial charge in [0.2, 0.25) is 5.91 Å². The fourth-order valence-electron chi connectivity index (χ4n) is 3.95. The van der Waals surface area contributed by atoms with Gasteiger partial charge in [-0.1, -0.05) is 35.9 Å². The molecule has 2 aliphatic rings. The van der Waals surface area contributed by atoms with E-state index in [-0.39, 0.29) is 17.4 Å². The van der Waals surface area contributed by atoms with Gasteiger partial charge in [-0.25, -0.2) is 0 Å². The Labute approximate surface area is 147 Å². The summed E-state index contributed by atoms with van der Waals surface area (Å²) in [5, 5.41) is 3.01. The molecule has 0 saturated carbocycles. The van der Waals surface area contributed by atoms with E-state index in [0.717, 1.165) is 12.0 Å². The molecule has 1 spiro atoms. The molecule has 4 rings (SSSR count). The summed E-state index contributed by atoms with van der Waals surface area (Å²) in [6, 6.07) is 14.2. The van der Waals surface area contributed by atoms with Crippen molar-refractivity contribution >= 4 is 11.8 Å². The molecule has 0 unspecified atom stereocenters. The van der Waals surface area contributed by atoms with Gasteiger partial charge in [-0.15, -0.1) is 0 Å². The van der Waals surface area contributed by atoms with E-state index in [1.165, 1.54) is 16.7 Å². The van der Waals surface area contributed by atoms with Crippen molar-refractivity contribution in [1.29, 1.82) is 0 Å². The van der Waals surface area contributed by atoms with Crippen LogP contribution in [-0.4, -0.2) is 35.3 Å². The number of nitrogens with one attached hydrogen (secondary N) is 1. The molecule has 0 aliphatic carbocycles. The Kier molecular flexibility index (Phi) is 3.64. The van der Waals surface area contributed by atoms with E-state index < -0.39 is 0 Å². The van der Waals surface area contributed by atoms with Gasteiger partial charge >= 0.3 is 0 Å². The van der Waals surface area contributed by atoms with Crippen molar-refractivity contribution < 1.29 is 9.59 Å². The predicted octanol–water partition coefficient (Wildman–Crippen LogP) is 3.08. The van der Waals surface area contributed by atoms with Crippen molar-refractivity contribution in [2.45, 2.75) is 32.2 Å². The van der Waals surface area contributed by atoms with Crippen molar-refractivity contribution in [3.05, 3.63) is 59.2 Å². The highest BCUT2D eigenvalue weighted by atomic mass is 16.2. The molecule has 2 aromatic rings. The zero-order valence-electron chi connectivity index (χ0n) is 14.6. The summed E-state index contributed by atoms with van der Waals surface area (Å²) < 4.78 is 0. The average molecular weight is 334 g/mol. The Hall–Kier alpha value is -2.62. The molecule has 2 aliphatic heterocycles. The molecule has 25 heavy (non-hydrogen) atoms. The lowest BCUT2D eigenvalue weighted by Gasteiger charge is -2.47. The Morgan fingerprint density at radius 1 is 1.08 bits per heavy atom. The van der Waals surface area contributed by atoms with Gasteiger partial charge in [-0.3, -0.25) is 9.59 Å². The van der Waals surface area contributed by atoms with Gasteiger partial charge in [0.15, 0.2) is 0 Å². The Balaban J connectivity index is 1.47. The molecular weight excluding hydrogens is 312 g/mol. The lowest BCUT2D eigenvalue weighted by atomic mass is 9.87. The number of likely N-dealkylation sites (tertiary alicyclic amines) is 1. The topological polar surface area (TPSA) is 49.4 Å². The highest BCUT2D eigenvalue weighted by Crippen LogP contribution is 2.32. The zero-order chi connectivity index (χ0) is 17.6. The molecule has 2 fully saturated rings. The Bertz CT molecular complexity index is 849. The minimum atomic E-state index is -0.161. The molecule has 128 valence electrons. The van der Waals surface area contributed by atoms with Gasteiger partial charge in [-0.2, -0.15) is 0 Å². The van der Waals surface area contributed by atoms with Crippen LogP contribution in [0.3, 0.4) is 0 Å². The van der Waals surface area contributed by atoms with Crippen LogP contribution in [0.5, 0.6) is 0 Å². The van der Waals surface area contributed by atoms with Crippen LogP contribution < -0.4 is 5.32 Å². The smallest absolute Gasteiger partial charge is 0.254 e. The van der Waals surface area contributed by atoms with Crippen LogP contribution in [0.2, 0.25) is 0 Å². The quantitative estimate of drug-likeness (QED) is 0.917. The van der Waals surface area contributed by atoms with Crippen LogP contribution in [0, 0.1) is 13.8 Å². The third-order valence-corrected chi connectivity index (χ3v) is 5.33. The second-order valence-corrected chi connectivity index (χ2v) is 7.39. The Morgan fingerprint density at radius 2 is 1.80 bits per heavy atom. The number of carbonyl (C=O) groups excluding carboxylic acids is 2. The van der Waals surface area contributed by atoms with Gasteiger partial charge in [0.05, 0.1) is 5.54 Å². The molecule has 4 heteroatoms. The minimum Gasteiger partial charge on any atom is -0.347 e. The number of hydrogen-bond donors (Lipinski definition) is 1. The number of amides is 2. The van der Waals surface area contributed by atoms with Crippen LogP contribution in [-0.2, 0) is 4.79 Å². The second kappa shape index (κ2) is 5.73. The molecule has 2 heterocycles. The number of hydrogen-bond acceptors (Lipinski definition) is 2. The summed E-state index contributed by atoms with van der Waals surface area (Å²) in [7, 11) is 0. The van der Waals surface area contributed by atoms with Crippen LogP contribution in [0.1, 0.15) is 34.3 Å². The van der Waals surface area contributed by atoms with Crippen LogP contribution in [0.4, 0.5) is 0 Å². The first-order chi connectivity index (χ1) is 12.0. The molecule has 1 N–H and O–H groups in total. The average Bonchev–Trinajstić information content (AvgIpc) is 2.95. The first kappa shape index (κ1) is 15.9. The fourth-order valence-corrected chi connectivity index (χ4v) is 3.95. The van der Waals surface area contributed by atoms with Crippen LogP contribution in [0.25, 0.3) is 11.1 Å². The monoisotopic (exact) mass is 334 g/mol. The standard InChI is InChI=1S/C21H22N2O2/c1-14-3-8-18(15(2)11-14)16-4-6-17(7-5-16)20(25)23-12-21(13-23)10-9-19(24)22-21/h3-8,11H,9-10,12-13H2,1-2H3,(H,22,24). The largest absolute Gasteiger partial charge is 0.347 e. The molecular formula is C21H22N2O2. The van der Waals surface area contributed by atoms with Crippen molar-refractivity contribution in [1.82, 2.24) is 10.2 Å². The number of rotatable bonds is 2. The lowest BCUT2D eigenvalue weighted by Crippen LogP contribution is -2.68. The van der Waals surface area contributed by atoms with E-state index in [1.807, 2.05) is 29.2 Å². The summed E-state index contributed by atoms with van der Waals surface area (Å²) >= 11 is 0. The van der Waals surface area contributed by atoms with E-state index in [2.05, 4.69) is 37.4 Å². The van der Waals surface area contributed by atoms with E-state index in [9.17, 15) is 9.59 Å². The SMILES string of the molecule is Cc1ccc(-c2ccc(C(=O)N3CC4(CCC(=O)N4)C3)cc2)c(C)c1. The van der Waals surface area contributed by atoms with Crippen molar-refractivity contribution in [3.8, 4) is 11.1 Å². The van der Waals surface area contributed by atoms with Crippen molar-refractivity contribution in [3.63, 3.8) is 0 Å². The predicted molar refractivity (Wildman–Crippen MR) is 97.4 cm³/mol. The Morgan fingerprint density at radius 3 is 2.40 bits per heavy atom. The van der Waals surface area contributed by atoms with Gasteiger partial charge in [0, 0.05) is 25.1 Å². The summed E-state index contributed by atoms with van der Waals surface area (Å²) in [5.74, 6) is 0.142. The first-order valence-electron chi connectivity index (χ1n) is 8.74. The highest BCUT2D eigenvalue weighted by Gasteiger charge is 2.49. The summed E-state index contributed by atoms with van der Waals surface area (Å²) in [6.45, 7) is 5.44. The van der Waals surface area contributed by atoms with Crippen molar-refractivity contribution in [2.24, 2.45) is 0 Å². The van der Waals surface area contributed by atoms with Gasteiger partial charge in [0.25, 0.3) is 5.91 Å². The maximum Gasteiger partial charge on any atom is 0.254 e. The normalized spacial score (nSPS) is 18.2. The third-order valence-electron chi connectivity index (χ3n) is 5.33. The molecule has 0 bridgehead atoms. The number of aryl methyl sites for hydroxylation is 2.